The van der Waals surface area contributed by atoms with Crippen LogP contribution >= 0.6 is 0 Å². The Morgan fingerprint density at radius 1 is 1.07 bits per heavy atom. The fourth-order valence-corrected chi connectivity index (χ4v) is 3.45. The molecule has 0 saturated carbocycles. The number of benzene rings is 1. The average Bonchev–Trinajstić information content (AvgIpc) is 3.01. The van der Waals surface area contributed by atoms with Gasteiger partial charge in [-0.25, -0.2) is 4.98 Å². The Bertz CT molecular complexity index is 1210. The van der Waals surface area contributed by atoms with E-state index in [2.05, 4.69) is 15.1 Å². The molecule has 0 saturated heterocycles. The van der Waals surface area contributed by atoms with Gasteiger partial charge in [-0.15, -0.1) is 0 Å². The molecule has 0 radical (unpaired) electrons. The zero-order valence-corrected chi connectivity index (χ0v) is 17.8. The van der Waals surface area contributed by atoms with E-state index in [4.69, 9.17) is 9.72 Å². The molecule has 7 heteroatoms. The van der Waals surface area contributed by atoms with E-state index in [0.717, 1.165) is 44.9 Å². The van der Waals surface area contributed by atoms with Crippen LogP contribution in [0.5, 0.6) is 5.75 Å². The first-order valence-corrected chi connectivity index (χ1v) is 9.91. The summed E-state index contributed by atoms with van der Waals surface area (Å²) in [6, 6.07) is 7.75. The van der Waals surface area contributed by atoms with Crippen LogP contribution in [0.15, 0.2) is 36.7 Å². The molecular formula is C23H25N5O2. The van der Waals surface area contributed by atoms with Gasteiger partial charge in [-0.1, -0.05) is 0 Å². The molecule has 0 amide bonds. The van der Waals surface area contributed by atoms with Gasteiger partial charge in [0, 0.05) is 35.6 Å². The Balaban J connectivity index is 1.91. The maximum absolute atomic E-state index is 9.84. The van der Waals surface area contributed by atoms with Crippen molar-refractivity contribution in [3.63, 3.8) is 0 Å². The summed E-state index contributed by atoms with van der Waals surface area (Å²) in [5.74, 6) is 0.677. The molecule has 1 aromatic carbocycles. The van der Waals surface area contributed by atoms with Gasteiger partial charge in [-0.3, -0.25) is 14.6 Å². The summed E-state index contributed by atoms with van der Waals surface area (Å²) >= 11 is 0. The fraction of sp³-hybridized carbons (Fsp3) is 0.304. The van der Waals surface area contributed by atoms with Crippen LogP contribution in [0.2, 0.25) is 0 Å². The molecule has 30 heavy (non-hydrogen) atoms. The van der Waals surface area contributed by atoms with Gasteiger partial charge < -0.3 is 9.84 Å². The third-order valence-corrected chi connectivity index (χ3v) is 5.04. The number of aliphatic hydroxyl groups excluding tert-OH is 1. The number of rotatable bonds is 5. The summed E-state index contributed by atoms with van der Waals surface area (Å²) in [5.41, 5.74) is 6.58. The zero-order chi connectivity index (χ0) is 21.4. The van der Waals surface area contributed by atoms with E-state index < -0.39 is 0 Å². The Hall–Kier alpha value is -3.32. The second-order valence-corrected chi connectivity index (χ2v) is 7.65. The zero-order valence-electron chi connectivity index (χ0n) is 17.8. The van der Waals surface area contributed by atoms with Crippen molar-refractivity contribution in [3.05, 3.63) is 53.6 Å². The topological polar surface area (TPSA) is 86.0 Å². The van der Waals surface area contributed by atoms with Gasteiger partial charge in [-0.2, -0.15) is 5.10 Å². The summed E-state index contributed by atoms with van der Waals surface area (Å²) in [6.07, 6.45) is 3.56. The molecule has 4 aromatic rings. The second-order valence-electron chi connectivity index (χ2n) is 7.65. The highest BCUT2D eigenvalue weighted by Crippen LogP contribution is 2.34. The number of nitrogens with zero attached hydrogens (tertiary/aromatic N) is 5. The fourth-order valence-electron chi connectivity index (χ4n) is 3.45. The molecule has 0 spiro atoms. The maximum Gasteiger partial charge on any atom is 0.182 e. The van der Waals surface area contributed by atoms with Crippen LogP contribution in [-0.2, 0) is 13.7 Å². The number of aliphatic hydroxyl groups is 1. The summed E-state index contributed by atoms with van der Waals surface area (Å²) in [7, 11) is 1.91. The Kier molecular flexibility index (Phi) is 5.22. The van der Waals surface area contributed by atoms with Gasteiger partial charge in [0.05, 0.1) is 41.4 Å². The lowest BCUT2D eigenvalue weighted by Gasteiger charge is -2.14. The number of ether oxygens (including phenoxy) is 1. The Labute approximate surface area is 175 Å². The lowest BCUT2D eigenvalue weighted by atomic mass is 10.0. The molecule has 0 bridgehead atoms. The minimum Gasteiger partial charge on any atom is -0.491 e. The lowest BCUT2D eigenvalue weighted by molar-refractivity contribution is 0.225. The molecular weight excluding hydrogens is 378 g/mol. The number of hydrogen-bond acceptors (Lipinski definition) is 6. The predicted molar refractivity (Wildman–Crippen MR) is 116 cm³/mol. The average molecular weight is 403 g/mol. The largest absolute Gasteiger partial charge is 0.491 e. The molecule has 3 aromatic heterocycles. The van der Waals surface area contributed by atoms with E-state index >= 15 is 0 Å². The van der Waals surface area contributed by atoms with Crippen molar-refractivity contribution in [3.8, 4) is 28.3 Å². The van der Waals surface area contributed by atoms with Crippen LogP contribution in [0, 0.1) is 13.8 Å². The third-order valence-electron chi connectivity index (χ3n) is 5.04. The summed E-state index contributed by atoms with van der Waals surface area (Å²) < 4.78 is 7.63. The number of aryl methyl sites for hydroxylation is 3. The van der Waals surface area contributed by atoms with Gasteiger partial charge >= 0.3 is 0 Å². The van der Waals surface area contributed by atoms with Crippen molar-refractivity contribution in [1.29, 1.82) is 0 Å². The molecule has 1 N–H and O–H groups in total. The Morgan fingerprint density at radius 2 is 1.87 bits per heavy atom. The first-order chi connectivity index (χ1) is 14.4. The van der Waals surface area contributed by atoms with E-state index in [9.17, 15) is 5.11 Å². The maximum atomic E-state index is 9.84. The molecule has 3 heterocycles. The van der Waals surface area contributed by atoms with Gasteiger partial charge in [-0.05, 0) is 52.0 Å². The number of aromatic nitrogens is 5. The highest BCUT2D eigenvalue weighted by Gasteiger charge is 2.17. The SMILES string of the molecule is Cc1cnc(-c2cc(-c3ccc(OC(C)C)c(CO)c3)nc3nn(C)c(C)c23)cn1. The minimum absolute atomic E-state index is 0.0267. The van der Waals surface area contributed by atoms with Crippen LogP contribution in [-0.4, -0.2) is 35.9 Å². The van der Waals surface area contributed by atoms with Gasteiger partial charge in [0.2, 0.25) is 0 Å². The highest BCUT2D eigenvalue weighted by molar-refractivity contribution is 5.95. The van der Waals surface area contributed by atoms with Crippen molar-refractivity contribution >= 4 is 11.0 Å². The molecule has 0 fully saturated rings. The van der Waals surface area contributed by atoms with Crippen LogP contribution in [0.1, 0.15) is 30.8 Å². The van der Waals surface area contributed by atoms with Gasteiger partial charge in [0.25, 0.3) is 0 Å². The van der Waals surface area contributed by atoms with Crippen LogP contribution in [0.3, 0.4) is 0 Å². The quantitative estimate of drug-likeness (QED) is 0.542. The van der Waals surface area contributed by atoms with Crippen molar-refractivity contribution in [1.82, 2.24) is 24.7 Å². The molecule has 154 valence electrons. The van der Waals surface area contributed by atoms with E-state index in [0.29, 0.717) is 11.4 Å². The molecule has 0 aliphatic rings. The summed E-state index contributed by atoms with van der Waals surface area (Å²) in [6.45, 7) is 7.74. The van der Waals surface area contributed by atoms with Crippen LogP contribution in [0.25, 0.3) is 33.5 Å². The highest BCUT2D eigenvalue weighted by atomic mass is 16.5. The molecule has 0 aliphatic heterocycles. The van der Waals surface area contributed by atoms with E-state index in [-0.39, 0.29) is 12.7 Å². The lowest BCUT2D eigenvalue weighted by Crippen LogP contribution is -2.07. The van der Waals surface area contributed by atoms with Crippen molar-refractivity contribution in [2.75, 3.05) is 0 Å². The molecule has 4 rings (SSSR count). The van der Waals surface area contributed by atoms with Crippen molar-refractivity contribution < 1.29 is 9.84 Å². The van der Waals surface area contributed by atoms with Crippen molar-refractivity contribution in [2.24, 2.45) is 7.05 Å². The number of hydrogen-bond donors (Lipinski definition) is 1. The molecule has 0 aliphatic carbocycles. The Morgan fingerprint density at radius 3 is 2.53 bits per heavy atom. The molecule has 7 nitrogen and oxygen atoms in total. The number of pyridine rings is 1. The normalized spacial score (nSPS) is 11.4. The first-order valence-electron chi connectivity index (χ1n) is 9.91. The van der Waals surface area contributed by atoms with Crippen LogP contribution in [0.4, 0.5) is 0 Å². The first kappa shape index (κ1) is 20.0. The van der Waals surface area contributed by atoms with E-state index in [1.165, 1.54) is 0 Å². The van der Waals surface area contributed by atoms with Gasteiger partial charge in [0.1, 0.15) is 5.75 Å². The summed E-state index contributed by atoms with van der Waals surface area (Å²) in [5, 5.41) is 15.4. The standard InChI is InChI=1S/C23H25N5O2/c1-13(2)30-21-7-6-16(8-17(21)12-29)19-9-18(20-11-24-14(3)10-25-20)22-15(4)28(5)27-23(22)26-19/h6-11,13,29H,12H2,1-5H3. The predicted octanol–water partition coefficient (Wildman–Crippen LogP) is 3.99. The van der Waals surface area contributed by atoms with Gasteiger partial charge in [0.15, 0.2) is 5.65 Å². The molecule has 0 atom stereocenters. The third kappa shape index (κ3) is 3.64. The monoisotopic (exact) mass is 403 g/mol. The second kappa shape index (κ2) is 7.84. The smallest absolute Gasteiger partial charge is 0.182 e. The van der Waals surface area contributed by atoms with Crippen molar-refractivity contribution in [2.45, 2.75) is 40.4 Å². The summed E-state index contributed by atoms with van der Waals surface area (Å²) in [4.78, 5) is 13.8. The van der Waals surface area contributed by atoms with E-state index in [1.807, 2.05) is 63.7 Å². The van der Waals surface area contributed by atoms with Crippen LogP contribution < -0.4 is 4.74 Å². The molecule has 0 unspecified atom stereocenters. The minimum atomic E-state index is -0.114. The number of fused-ring (bicyclic) bond motifs is 1. The van der Waals surface area contributed by atoms with E-state index in [1.54, 1.807) is 12.4 Å².